The van der Waals surface area contributed by atoms with Gasteiger partial charge in [0.05, 0.1) is 29.3 Å². The molecule has 3 atom stereocenters. The number of thioether (sulfide) groups is 1. The molecule has 34 heavy (non-hydrogen) atoms. The molecule has 0 spiro atoms. The van der Waals surface area contributed by atoms with E-state index in [4.69, 9.17) is 15.2 Å². The van der Waals surface area contributed by atoms with E-state index < -0.39 is 17.3 Å². The minimum atomic E-state index is -0.861. The van der Waals surface area contributed by atoms with Crippen molar-refractivity contribution in [3.63, 3.8) is 0 Å². The van der Waals surface area contributed by atoms with Gasteiger partial charge in [-0.05, 0) is 38.5 Å². The standard InChI is InChI=1S/C24H26FN5O3S/c1-4-5-6-9-33-20-13-27-18(12-28-20)21(31)29-15-7-8-17(25)16(10-15)23(2)19-11-24(19,14-32-3)34-22(26)30-23/h7-8,10,12-13,19H,6,9,11,14H2,1-3H3,(H2,26,30)(H,29,31)/t19-,23+,24+/m0/s1. The van der Waals surface area contributed by atoms with Gasteiger partial charge in [0.2, 0.25) is 5.88 Å². The summed E-state index contributed by atoms with van der Waals surface area (Å²) in [6, 6.07) is 4.43. The van der Waals surface area contributed by atoms with E-state index >= 15 is 0 Å². The van der Waals surface area contributed by atoms with Gasteiger partial charge in [-0.15, -0.1) is 11.8 Å². The molecule has 178 valence electrons. The van der Waals surface area contributed by atoms with Gasteiger partial charge in [-0.3, -0.25) is 9.79 Å². The molecule has 1 aromatic carbocycles. The van der Waals surface area contributed by atoms with Crippen LogP contribution in [-0.2, 0) is 10.3 Å². The Morgan fingerprint density at radius 3 is 2.91 bits per heavy atom. The Hall–Kier alpha value is -3.16. The molecule has 1 aliphatic carbocycles. The van der Waals surface area contributed by atoms with Crippen LogP contribution in [0.2, 0.25) is 0 Å². The second-order valence-electron chi connectivity index (χ2n) is 8.37. The highest BCUT2D eigenvalue weighted by atomic mass is 32.2. The van der Waals surface area contributed by atoms with E-state index in [0.717, 1.165) is 6.42 Å². The highest BCUT2D eigenvalue weighted by molar-refractivity contribution is 8.15. The first kappa shape index (κ1) is 24.0. The summed E-state index contributed by atoms with van der Waals surface area (Å²) in [4.78, 5) is 25.5. The number of halogens is 1. The lowest BCUT2D eigenvalue weighted by molar-refractivity contribution is 0.102. The van der Waals surface area contributed by atoms with Crippen molar-refractivity contribution < 1.29 is 18.7 Å². The summed E-state index contributed by atoms with van der Waals surface area (Å²) in [5.74, 6) is 5.17. The normalized spacial score (nSPS) is 24.8. The highest BCUT2D eigenvalue weighted by Gasteiger charge is 2.66. The van der Waals surface area contributed by atoms with Gasteiger partial charge in [0, 0.05) is 30.7 Å². The van der Waals surface area contributed by atoms with E-state index in [2.05, 4.69) is 32.1 Å². The number of nitrogens with two attached hydrogens (primary N) is 1. The Labute approximate surface area is 201 Å². The number of nitrogens with zero attached hydrogens (tertiary/aromatic N) is 3. The van der Waals surface area contributed by atoms with Gasteiger partial charge in [-0.2, -0.15) is 0 Å². The maximum Gasteiger partial charge on any atom is 0.275 e. The Morgan fingerprint density at radius 1 is 1.38 bits per heavy atom. The molecule has 1 amide bonds. The number of carbonyl (C=O) groups is 1. The van der Waals surface area contributed by atoms with E-state index in [1.165, 1.54) is 36.3 Å². The summed E-state index contributed by atoms with van der Waals surface area (Å²) >= 11 is 1.49. The minimum absolute atomic E-state index is 0.0689. The van der Waals surface area contributed by atoms with Crippen LogP contribution in [0.1, 0.15) is 42.7 Å². The monoisotopic (exact) mass is 483 g/mol. The molecular formula is C24H26FN5O3S. The smallest absolute Gasteiger partial charge is 0.275 e. The lowest BCUT2D eigenvalue weighted by Crippen LogP contribution is -2.37. The van der Waals surface area contributed by atoms with Crippen molar-refractivity contribution in [3.8, 4) is 17.7 Å². The fraction of sp³-hybridized carbons (Fsp3) is 0.417. The van der Waals surface area contributed by atoms with Crippen LogP contribution < -0.4 is 15.8 Å². The van der Waals surface area contributed by atoms with Crippen LogP contribution in [0.4, 0.5) is 10.1 Å². The van der Waals surface area contributed by atoms with Crippen LogP contribution in [0.25, 0.3) is 0 Å². The SMILES string of the molecule is CC#CCCOc1cnc(C(=O)Nc2ccc(F)c([C@@]3(C)N=C(N)S[C@@]4(COC)C[C@H]43)c2)cn1. The number of aromatic nitrogens is 2. The van der Waals surface area contributed by atoms with Crippen molar-refractivity contribution in [1.29, 1.82) is 0 Å². The van der Waals surface area contributed by atoms with E-state index in [1.54, 1.807) is 20.1 Å². The van der Waals surface area contributed by atoms with Crippen molar-refractivity contribution in [2.75, 3.05) is 25.6 Å². The second-order valence-corrected chi connectivity index (χ2v) is 9.80. The molecule has 2 heterocycles. The third-order valence-corrected chi connectivity index (χ3v) is 7.30. The van der Waals surface area contributed by atoms with Crippen LogP contribution in [0.5, 0.6) is 5.88 Å². The zero-order valence-corrected chi connectivity index (χ0v) is 20.0. The first-order valence-corrected chi connectivity index (χ1v) is 11.6. The molecule has 8 nitrogen and oxygen atoms in total. The molecule has 1 saturated carbocycles. The molecule has 1 aromatic heterocycles. The molecule has 3 N–H and O–H groups in total. The summed E-state index contributed by atoms with van der Waals surface area (Å²) in [5.41, 5.74) is 6.16. The summed E-state index contributed by atoms with van der Waals surface area (Å²) in [7, 11) is 1.64. The predicted molar refractivity (Wildman–Crippen MR) is 129 cm³/mol. The van der Waals surface area contributed by atoms with Crippen LogP contribution in [0.3, 0.4) is 0 Å². The number of carbonyl (C=O) groups excluding carboxylic acids is 1. The van der Waals surface area contributed by atoms with E-state index in [-0.39, 0.29) is 16.4 Å². The molecule has 2 aliphatic rings. The van der Waals surface area contributed by atoms with Gasteiger partial charge in [-0.25, -0.2) is 14.4 Å². The number of hydrogen-bond donors (Lipinski definition) is 2. The zero-order valence-electron chi connectivity index (χ0n) is 19.2. The average molecular weight is 484 g/mol. The van der Waals surface area contributed by atoms with Crippen LogP contribution >= 0.6 is 11.8 Å². The molecule has 4 rings (SSSR count). The average Bonchev–Trinajstić information content (AvgIpc) is 3.53. The van der Waals surface area contributed by atoms with Crippen molar-refractivity contribution >= 4 is 28.5 Å². The number of amides is 1. The second kappa shape index (κ2) is 9.60. The number of anilines is 1. The number of aliphatic imine (C=N–C) groups is 1. The maximum absolute atomic E-state index is 15.0. The van der Waals surface area contributed by atoms with Gasteiger partial charge in [0.15, 0.2) is 5.17 Å². The molecule has 2 aromatic rings. The summed E-state index contributed by atoms with van der Waals surface area (Å²) in [5, 5.41) is 3.16. The lowest BCUT2D eigenvalue weighted by Gasteiger charge is -2.34. The van der Waals surface area contributed by atoms with Crippen molar-refractivity contribution in [2.45, 2.75) is 37.0 Å². The minimum Gasteiger partial charge on any atom is -0.476 e. The third kappa shape index (κ3) is 4.72. The number of fused-ring (bicyclic) bond motifs is 1. The van der Waals surface area contributed by atoms with Gasteiger partial charge in [0.25, 0.3) is 5.91 Å². The Morgan fingerprint density at radius 2 is 2.21 bits per heavy atom. The van der Waals surface area contributed by atoms with Crippen molar-refractivity contribution in [2.24, 2.45) is 16.6 Å². The Bertz CT molecular complexity index is 1180. The highest BCUT2D eigenvalue weighted by Crippen LogP contribution is 2.66. The number of rotatable bonds is 8. The molecule has 0 saturated heterocycles. The topological polar surface area (TPSA) is 112 Å². The number of methoxy groups -OCH3 is 1. The van der Waals surface area contributed by atoms with E-state index in [1.807, 2.05) is 6.92 Å². The largest absolute Gasteiger partial charge is 0.476 e. The summed E-state index contributed by atoms with van der Waals surface area (Å²) in [6.45, 7) is 4.53. The van der Waals surface area contributed by atoms with Crippen LogP contribution in [0.15, 0.2) is 35.6 Å². The molecule has 0 radical (unpaired) electrons. The fourth-order valence-electron chi connectivity index (χ4n) is 4.36. The Kier molecular flexibility index (Phi) is 6.77. The van der Waals surface area contributed by atoms with Crippen molar-refractivity contribution in [3.05, 3.63) is 47.7 Å². The zero-order chi connectivity index (χ0) is 24.3. The van der Waals surface area contributed by atoms with E-state index in [9.17, 15) is 9.18 Å². The number of nitrogens with one attached hydrogen (secondary N) is 1. The number of hydrogen-bond acceptors (Lipinski definition) is 8. The number of amidine groups is 1. The van der Waals surface area contributed by atoms with Gasteiger partial charge in [0.1, 0.15) is 18.1 Å². The van der Waals surface area contributed by atoms with Crippen molar-refractivity contribution in [1.82, 2.24) is 9.97 Å². The molecule has 1 fully saturated rings. The molecule has 10 heteroatoms. The van der Waals surface area contributed by atoms with Crippen LogP contribution in [-0.4, -0.2) is 46.1 Å². The predicted octanol–water partition coefficient (Wildman–Crippen LogP) is 3.34. The third-order valence-electron chi connectivity index (χ3n) is 6.03. The number of benzene rings is 1. The molecule has 0 unspecified atom stereocenters. The van der Waals surface area contributed by atoms with Gasteiger partial charge < -0.3 is 20.5 Å². The molecular weight excluding hydrogens is 457 g/mol. The summed E-state index contributed by atoms with van der Waals surface area (Å²) in [6.07, 6.45) is 4.10. The van der Waals surface area contributed by atoms with Gasteiger partial charge >= 0.3 is 0 Å². The molecule has 0 bridgehead atoms. The first-order valence-electron chi connectivity index (χ1n) is 10.8. The number of ether oxygens (including phenoxy) is 2. The quantitative estimate of drug-likeness (QED) is 0.437. The lowest BCUT2D eigenvalue weighted by atomic mass is 9.85. The summed E-state index contributed by atoms with van der Waals surface area (Å²) < 4.78 is 25.6. The maximum atomic E-state index is 15.0. The first-order chi connectivity index (χ1) is 16.3. The van der Waals surface area contributed by atoms with Crippen LogP contribution in [0, 0.1) is 23.6 Å². The van der Waals surface area contributed by atoms with Gasteiger partial charge in [-0.1, -0.05) is 11.8 Å². The van der Waals surface area contributed by atoms with E-state index in [0.29, 0.717) is 41.9 Å². The fourth-order valence-corrected chi connectivity index (χ4v) is 5.81. The molecule has 1 aliphatic heterocycles. The Balaban J connectivity index is 1.50.